The summed E-state index contributed by atoms with van der Waals surface area (Å²) in [7, 11) is 0. The lowest BCUT2D eigenvalue weighted by atomic mass is 10.0. The van der Waals surface area contributed by atoms with E-state index < -0.39 is 0 Å². The lowest BCUT2D eigenvalue weighted by Crippen LogP contribution is -2.46. The van der Waals surface area contributed by atoms with E-state index in [1.807, 2.05) is 0 Å². The molecular formula is C25H27N3. The molecule has 0 aromatic heterocycles. The third-order valence-electron chi connectivity index (χ3n) is 5.98. The molecule has 0 radical (unpaired) electrons. The number of hydrogen-bond donors (Lipinski definition) is 1. The topological polar surface area (TPSA) is 18.5 Å². The lowest BCUT2D eigenvalue weighted by Gasteiger charge is -2.37. The molecule has 1 N–H and O–H groups in total. The number of benzene rings is 3. The molecule has 3 aromatic rings. The van der Waals surface area contributed by atoms with E-state index in [4.69, 9.17) is 0 Å². The fourth-order valence-electron chi connectivity index (χ4n) is 4.47. The third-order valence-corrected chi connectivity index (χ3v) is 5.98. The SMILES string of the molecule is c1ccc(-c2cccc(CN3CCN(c4cccc5c4NCC5)CC3)c2)cc1. The maximum atomic E-state index is 3.58. The molecule has 0 bridgehead atoms. The minimum absolute atomic E-state index is 1.03. The summed E-state index contributed by atoms with van der Waals surface area (Å²) in [5, 5.41) is 3.58. The average Bonchev–Trinajstić information content (AvgIpc) is 3.24. The zero-order chi connectivity index (χ0) is 18.8. The second-order valence-corrected chi connectivity index (χ2v) is 7.82. The van der Waals surface area contributed by atoms with E-state index in [2.05, 4.69) is 87.9 Å². The molecule has 0 amide bonds. The molecule has 28 heavy (non-hydrogen) atoms. The van der Waals surface area contributed by atoms with Crippen LogP contribution in [0.2, 0.25) is 0 Å². The zero-order valence-electron chi connectivity index (χ0n) is 16.3. The molecule has 3 nitrogen and oxygen atoms in total. The molecule has 0 aliphatic carbocycles. The van der Waals surface area contributed by atoms with E-state index in [0.717, 1.165) is 45.7 Å². The highest BCUT2D eigenvalue weighted by molar-refractivity contribution is 5.76. The molecular weight excluding hydrogens is 342 g/mol. The molecule has 142 valence electrons. The van der Waals surface area contributed by atoms with Crippen LogP contribution in [-0.2, 0) is 13.0 Å². The fraction of sp³-hybridized carbons (Fsp3) is 0.280. The second kappa shape index (κ2) is 7.69. The summed E-state index contributed by atoms with van der Waals surface area (Å²) in [6, 6.07) is 26.4. The van der Waals surface area contributed by atoms with Crippen molar-refractivity contribution in [1.82, 2.24) is 4.90 Å². The van der Waals surface area contributed by atoms with Crippen molar-refractivity contribution in [3.63, 3.8) is 0 Å². The summed E-state index contributed by atoms with van der Waals surface area (Å²) in [6.07, 6.45) is 1.15. The number of anilines is 2. The van der Waals surface area contributed by atoms with Crippen LogP contribution >= 0.6 is 0 Å². The highest BCUT2D eigenvalue weighted by Gasteiger charge is 2.22. The van der Waals surface area contributed by atoms with Crippen molar-refractivity contribution in [2.24, 2.45) is 0 Å². The number of rotatable bonds is 4. The first-order chi connectivity index (χ1) is 13.9. The number of fused-ring (bicyclic) bond motifs is 1. The molecule has 5 rings (SSSR count). The van der Waals surface area contributed by atoms with Gasteiger partial charge in [-0.1, -0.05) is 60.7 Å². The molecule has 0 saturated carbocycles. The van der Waals surface area contributed by atoms with Gasteiger partial charge >= 0.3 is 0 Å². The van der Waals surface area contributed by atoms with Crippen molar-refractivity contribution in [2.75, 3.05) is 42.9 Å². The van der Waals surface area contributed by atoms with E-state index >= 15 is 0 Å². The van der Waals surface area contributed by atoms with Crippen molar-refractivity contribution in [3.05, 3.63) is 83.9 Å². The minimum Gasteiger partial charge on any atom is -0.383 e. The van der Waals surface area contributed by atoms with Gasteiger partial charge in [0, 0.05) is 39.3 Å². The van der Waals surface area contributed by atoms with Crippen molar-refractivity contribution < 1.29 is 0 Å². The first-order valence-corrected chi connectivity index (χ1v) is 10.3. The van der Waals surface area contributed by atoms with Crippen molar-refractivity contribution >= 4 is 11.4 Å². The van der Waals surface area contributed by atoms with Crippen LogP contribution in [0.25, 0.3) is 11.1 Å². The Balaban J connectivity index is 1.24. The van der Waals surface area contributed by atoms with Crippen LogP contribution in [0.4, 0.5) is 11.4 Å². The zero-order valence-corrected chi connectivity index (χ0v) is 16.3. The van der Waals surface area contributed by atoms with Gasteiger partial charge in [-0.05, 0) is 40.8 Å². The quantitative estimate of drug-likeness (QED) is 0.722. The molecule has 3 aromatic carbocycles. The Kier molecular flexibility index (Phi) is 4.76. The van der Waals surface area contributed by atoms with Crippen LogP contribution in [0.3, 0.4) is 0 Å². The van der Waals surface area contributed by atoms with Crippen LogP contribution in [0, 0.1) is 0 Å². The summed E-state index contributed by atoms with van der Waals surface area (Å²) >= 11 is 0. The summed E-state index contributed by atoms with van der Waals surface area (Å²) in [6.45, 7) is 6.51. The second-order valence-electron chi connectivity index (χ2n) is 7.82. The van der Waals surface area contributed by atoms with Gasteiger partial charge in [0.2, 0.25) is 0 Å². The van der Waals surface area contributed by atoms with E-state index in [0.29, 0.717) is 0 Å². The fourth-order valence-corrected chi connectivity index (χ4v) is 4.47. The van der Waals surface area contributed by atoms with E-state index in [9.17, 15) is 0 Å². The summed E-state index contributed by atoms with van der Waals surface area (Å²) in [5.41, 5.74) is 8.23. The number of nitrogens with zero attached hydrogens (tertiary/aromatic N) is 2. The molecule has 2 aliphatic heterocycles. The van der Waals surface area contributed by atoms with Gasteiger partial charge in [-0.2, -0.15) is 0 Å². The Bertz CT molecular complexity index is 943. The van der Waals surface area contributed by atoms with Crippen LogP contribution in [0.1, 0.15) is 11.1 Å². The highest BCUT2D eigenvalue weighted by Crippen LogP contribution is 2.34. The van der Waals surface area contributed by atoms with Crippen LogP contribution in [0.15, 0.2) is 72.8 Å². The normalized spacial score (nSPS) is 16.6. The number of para-hydroxylation sites is 1. The van der Waals surface area contributed by atoms with Gasteiger partial charge in [0.25, 0.3) is 0 Å². The van der Waals surface area contributed by atoms with Gasteiger partial charge in [0.15, 0.2) is 0 Å². The molecule has 0 unspecified atom stereocenters. The Labute approximate surface area is 167 Å². The molecule has 2 aliphatic rings. The highest BCUT2D eigenvalue weighted by atomic mass is 15.3. The van der Waals surface area contributed by atoms with Gasteiger partial charge in [-0.15, -0.1) is 0 Å². The lowest BCUT2D eigenvalue weighted by molar-refractivity contribution is 0.250. The van der Waals surface area contributed by atoms with Crippen molar-refractivity contribution in [2.45, 2.75) is 13.0 Å². The average molecular weight is 370 g/mol. The van der Waals surface area contributed by atoms with Gasteiger partial charge in [0.05, 0.1) is 11.4 Å². The number of piperazine rings is 1. The van der Waals surface area contributed by atoms with Crippen LogP contribution in [0.5, 0.6) is 0 Å². The van der Waals surface area contributed by atoms with Gasteiger partial charge in [-0.25, -0.2) is 0 Å². The first-order valence-electron chi connectivity index (χ1n) is 10.3. The van der Waals surface area contributed by atoms with Crippen LogP contribution < -0.4 is 10.2 Å². The summed E-state index contributed by atoms with van der Waals surface area (Å²) in [5.74, 6) is 0. The monoisotopic (exact) mass is 369 g/mol. The largest absolute Gasteiger partial charge is 0.383 e. The predicted octanol–water partition coefficient (Wildman–Crippen LogP) is 4.64. The smallest absolute Gasteiger partial charge is 0.0611 e. The number of hydrogen-bond acceptors (Lipinski definition) is 3. The van der Waals surface area contributed by atoms with Crippen molar-refractivity contribution in [1.29, 1.82) is 0 Å². The summed E-state index contributed by atoms with van der Waals surface area (Å²) in [4.78, 5) is 5.13. The van der Waals surface area contributed by atoms with E-state index in [1.165, 1.54) is 33.6 Å². The molecule has 1 fully saturated rings. The molecule has 2 heterocycles. The molecule has 0 atom stereocenters. The predicted molar refractivity (Wildman–Crippen MR) is 118 cm³/mol. The van der Waals surface area contributed by atoms with Gasteiger partial charge in [-0.3, -0.25) is 4.90 Å². The maximum Gasteiger partial charge on any atom is 0.0611 e. The van der Waals surface area contributed by atoms with E-state index in [1.54, 1.807) is 0 Å². The number of nitrogens with one attached hydrogen (secondary N) is 1. The van der Waals surface area contributed by atoms with Crippen molar-refractivity contribution in [3.8, 4) is 11.1 Å². The Morgan fingerprint density at radius 3 is 2.39 bits per heavy atom. The third kappa shape index (κ3) is 3.50. The molecule has 0 spiro atoms. The van der Waals surface area contributed by atoms with Crippen LogP contribution in [-0.4, -0.2) is 37.6 Å². The first kappa shape index (κ1) is 17.3. The van der Waals surface area contributed by atoms with Gasteiger partial charge in [0.1, 0.15) is 0 Å². The Hall–Kier alpha value is -2.78. The molecule has 3 heteroatoms. The summed E-state index contributed by atoms with van der Waals surface area (Å²) < 4.78 is 0. The van der Waals surface area contributed by atoms with Gasteiger partial charge < -0.3 is 10.2 Å². The molecule has 1 saturated heterocycles. The minimum atomic E-state index is 1.03. The van der Waals surface area contributed by atoms with E-state index in [-0.39, 0.29) is 0 Å². The Morgan fingerprint density at radius 1 is 0.750 bits per heavy atom. The maximum absolute atomic E-state index is 3.58. The standard InChI is InChI=1S/C25H27N3/c1-2-7-21(8-3-1)23-10-4-6-20(18-23)19-27-14-16-28(17-15-27)24-11-5-9-22-12-13-26-25(22)24/h1-11,18,26H,12-17,19H2. The Morgan fingerprint density at radius 2 is 1.54 bits per heavy atom.